The second-order valence-electron chi connectivity index (χ2n) is 26.2. The van der Waals surface area contributed by atoms with Gasteiger partial charge < -0.3 is 14.7 Å². The van der Waals surface area contributed by atoms with E-state index in [9.17, 15) is 0 Å². The Bertz CT molecular complexity index is 3620. The number of nitrogens with zero attached hydrogens (tertiary/aromatic N) is 3. The number of hydrogen-bond acceptors (Lipinski definition) is 4. The van der Waals surface area contributed by atoms with E-state index in [1.54, 1.807) is 0 Å². The van der Waals surface area contributed by atoms with Crippen LogP contribution in [0.15, 0.2) is 176 Å². The quantitative estimate of drug-likeness (QED) is 0.154. The Labute approximate surface area is 452 Å². The van der Waals surface area contributed by atoms with Gasteiger partial charge in [0.15, 0.2) is 0 Å². The molecule has 3 aliphatic rings. The van der Waals surface area contributed by atoms with Crippen molar-refractivity contribution in [2.75, 3.05) is 14.7 Å². The lowest BCUT2D eigenvalue weighted by Crippen LogP contribution is -2.61. The maximum absolute atomic E-state index is 2.66. The van der Waals surface area contributed by atoms with Crippen LogP contribution in [0.1, 0.15) is 131 Å². The van der Waals surface area contributed by atoms with Crippen molar-refractivity contribution >= 4 is 95.0 Å². The van der Waals surface area contributed by atoms with Crippen LogP contribution in [0.2, 0.25) is 0 Å². The lowest BCUT2D eigenvalue weighted by molar-refractivity contribution is 0.332. The first kappa shape index (κ1) is 49.1. The van der Waals surface area contributed by atoms with Gasteiger partial charge in [0, 0.05) is 44.4 Å². The molecule has 0 spiro atoms. The van der Waals surface area contributed by atoms with Crippen molar-refractivity contribution in [3.63, 3.8) is 0 Å². The molecule has 0 amide bonds. The number of benzene rings is 8. The van der Waals surface area contributed by atoms with E-state index in [1.807, 2.05) is 11.3 Å². The zero-order valence-electron chi connectivity index (χ0n) is 46.5. The highest BCUT2D eigenvalue weighted by molar-refractivity contribution is 7.26. The molecule has 0 N–H and O–H groups in total. The van der Waals surface area contributed by atoms with Gasteiger partial charge in [0.25, 0.3) is 6.71 Å². The van der Waals surface area contributed by atoms with Gasteiger partial charge >= 0.3 is 0 Å². The Morgan fingerprint density at radius 1 is 0.453 bits per heavy atom. The number of rotatable bonds is 6. The number of anilines is 9. The number of thiophene rings is 1. The van der Waals surface area contributed by atoms with Crippen LogP contribution in [0, 0.1) is 0 Å². The van der Waals surface area contributed by atoms with Gasteiger partial charge in [-0.3, -0.25) is 0 Å². The van der Waals surface area contributed by atoms with E-state index in [0.717, 1.165) is 17.1 Å². The third-order valence-corrected chi connectivity index (χ3v) is 18.1. The third kappa shape index (κ3) is 8.24. The molecular formula is C70H72BN3S. The van der Waals surface area contributed by atoms with Gasteiger partial charge in [0.2, 0.25) is 0 Å². The van der Waals surface area contributed by atoms with Crippen LogP contribution in [0.3, 0.4) is 0 Å². The minimum absolute atomic E-state index is 0.00585. The highest BCUT2D eigenvalue weighted by Gasteiger charge is 2.48. The number of hydrogen-bond donors (Lipinski definition) is 0. The first-order chi connectivity index (χ1) is 35.6. The third-order valence-electron chi connectivity index (χ3n) is 17.0. The molecule has 2 aliphatic heterocycles. The van der Waals surface area contributed by atoms with E-state index in [0.29, 0.717) is 0 Å². The van der Waals surface area contributed by atoms with Gasteiger partial charge in [-0.1, -0.05) is 187 Å². The fraction of sp³-hybridized carbons (Fsp3) is 0.286. The Kier molecular flexibility index (Phi) is 11.4. The van der Waals surface area contributed by atoms with Crippen LogP contribution >= 0.6 is 11.3 Å². The summed E-state index contributed by atoms with van der Waals surface area (Å²) in [5.41, 5.74) is 22.8. The maximum Gasteiger partial charge on any atom is 0.254 e. The van der Waals surface area contributed by atoms with Gasteiger partial charge in [0.1, 0.15) is 0 Å². The first-order valence-electron chi connectivity index (χ1n) is 27.3. The van der Waals surface area contributed by atoms with Crippen molar-refractivity contribution in [2.24, 2.45) is 0 Å². The van der Waals surface area contributed by atoms with E-state index in [4.69, 9.17) is 0 Å². The average molecular weight is 998 g/mol. The maximum atomic E-state index is 2.66. The average Bonchev–Trinajstić information content (AvgIpc) is 3.92. The van der Waals surface area contributed by atoms with Crippen LogP contribution in [0.25, 0.3) is 21.2 Å². The topological polar surface area (TPSA) is 9.72 Å². The number of fused-ring (bicyclic) bond motifs is 7. The van der Waals surface area contributed by atoms with Crippen LogP contribution < -0.4 is 31.1 Å². The molecule has 0 saturated heterocycles. The van der Waals surface area contributed by atoms with Gasteiger partial charge in [-0.05, 0) is 174 Å². The molecule has 3 heterocycles. The van der Waals surface area contributed by atoms with Crippen molar-refractivity contribution < 1.29 is 0 Å². The lowest BCUT2D eigenvalue weighted by Gasteiger charge is -2.45. The summed E-state index contributed by atoms with van der Waals surface area (Å²) in [6.45, 7) is 30.9. The smallest absolute Gasteiger partial charge is 0.254 e. The second-order valence-corrected chi connectivity index (χ2v) is 27.2. The van der Waals surface area contributed by atoms with Crippen LogP contribution in [-0.4, -0.2) is 6.71 Å². The largest absolute Gasteiger partial charge is 0.311 e. The molecule has 3 nitrogen and oxygen atoms in total. The standard InChI is InChI=1S/C70H72BN3S/c1-66(2,3)46-29-33-51(34-30-46)73-60-41-52(72(49-25-19-15-20-26-49)50-27-21-16-22-28-50)42-61-64(60)71(63-54-43-55-56(44-62(54)75-65(63)73)70(12,13)38-37-69(55,10)11)57-40-48(68(7,8)9)32-36-59(57)74(61)58-35-31-47(67(4,5)6)39-53(58)45-23-17-14-18-24-45/h14-36,39-44H,37-38H2,1-13H3. The lowest BCUT2D eigenvalue weighted by atomic mass is 9.33. The highest BCUT2D eigenvalue weighted by atomic mass is 32.1. The normalized spacial score (nSPS) is 15.6. The van der Waals surface area contributed by atoms with E-state index in [1.165, 1.54) is 112 Å². The summed E-state index contributed by atoms with van der Waals surface area (Å²) in [5, 5.41) is 2.69. The van der Waals surface area contributed by atoms with Gasteiger partial charge in [-0.15, -0.1) is 11.3 Å². The molecule has 0 radical (unpaired) electrons. The molecule has 0 saturated carbocycles. The molecule has 0 fully saturated rings. The Morgan fingerprint density at radius 2 is 0.947 bits per heavy atom. The molecule has 75 heavy (non-hydrogen) atoms. The summed E-state index contributed by atoms with van der Waals surface area (Å²) in [4.78, 5) is 7.77. The first-order valence-corrected chi connectivity index (χ1v) is 28.1. The Balaban J connectivity index is 1.26. The van der Waals surface area contributed by atoms with E-state index in [2.05, 4.69) is 281 Å². The minimum atomic E-state index is -0.0774. The zero-order chi connectivity index (χ0) is 52.6. The van der Waals surface area contributed by atoms with Crippen LogP contribution in [-0.2, 0) is 27.1 Å². The van der Waals surface area contributed by atoms with E-state index in [-0.39, 0.29) is 33.8 Å². The highest BCUT2D eigenvalue weighted by Crippen LogP contribution is 2.54. The summed E-state index contributed by atoms with van der Waals surface area (Å²) in [7, 11) is 0. The molecule has 5 heteroatoms. The molecule has 0 atom stereocenters. The van der Waals surface area contributed by atoms with Crippen molar-refractivity contribution in [3.8, 4) is 11.1 Å². The Morgan fingerprint density at radius 3 is 1.51 bits per heavy atom. The van der Waals surface area contributed by atoms with E-state index < -0.39 is 0 Å². The molecule has 0 unspecified atom stereocenters. The summed E-state index contributed by atoms with van der Waals surface area (Å²) < 4.78 is 1.37. The summed E-state index contributed by atoms with van der Waals surface area (Å²) >= 11 is 1.99. The number of para-hydroxylation sites is 2. The zero-order valence-corrected chi connectivity index (χ0v) is 47.3. The Hall–Kier alpha value is -6.82. The molecular weight excluding hydrogens is 926 g/mol. The predicted molar refractivity (Wildman–Crippen MR) is 327 cm³/mol. The minimum Gasteiger partial charge on any atom is -0.311 e. The second kappa shape index (κ2) is 17.4. The van der Waals surface area contributed by atoms with Crippen LogP contribution in [0.4, 0.5) is 50.5 Å². The van der Waals surface area contributed by atoms with E-state index >= 15 is 0 Å². The molecule has 9 aromatic rings. The van der Waals surface area contributed by atoms with Gasteiger partial charge in [0.05, 0.1) is 16.4 Å². The van der Waals surface area contributed by atoms with Crippen molar-refractivity contribution in [3.05, 3.63) is 204 Å². The summed E-state index contributed by atoms with van der Waals surface area (Å²) in [6.07, 6.45) is 2.34. The van der Waals surface area contributed by atoms with Crippen molar-refractivity contribution in [1.29, 1.82) is 0 Å². The predicted octanol–water partition coefficient (Wildman–Crippen LogP) is 18.4. The molecule has 1 aliphatic carbocycles. The molecule has 376 valence electrons. The molecule has 12 rings (SSSR count). The molecule has 1 aromatic heterocycles. The van der Waals surface area contributed by atoms with Gasteiger partial charge in [-0.2, -0.15) is 0 Å². The SMILES string of the molecule is CC(C)(C)c1ccc(N2c3cc(N(c4ccccc4)c4ccccc4)cc4c3B(c3cc(C(C)(C)C)ccc3N4c3ccc(C(C)(C)C)cc3-c3ccccc3)c3c2sc2cc4c(cc32)C(C)(C)CCC4(C)C)cc1. The summed E-state index contributed by atoms with van der Waals surface area (Å²) in [6, 6.07) is 67.5. The van der Waals surface area contributed by atoms with Crippen molar-refractivity contribution in [2.45, 2.75) is 130 Å². The fourth-order valence-electron chi connectivity index (χ4n) is 12.4. The molecule has 8 aromatic carbocycles. The van der Waals surface area contributed by atoms with Crippen molar-refractivity contribution in [1.82, 2.24) is 0 Å². The molecule has 0 bridgehead atoms. The van der Waals surface area contributed by atoms with Crippen LogP contribution in [0.5, 0.6) is 0 Å². The van der Waals surface area contributed by atoms with Gasteiger partial charge in [-0.25, -0.2) is 0 Å². The monoisotopic (exact) mass is 998 g/mol. The fourth-order valence-corrected chi connectivity index (χ4v) is 13.7. The summed E-state index contributed by atoms with van der Waals surface area (Å²) in [5.74, 6) is 0.